The van der Waals surface area contributed by atoms with E-state index in [1.165, 1.54) is 0 Å². The molecule has 0 radical (unpaired) electrons. The summed E-state index contributed by atoms with van der Waals surface area (Å²) in [6, 6.07) is 5.63. The van der Waals surface area contributed by atoms with Gasteiger partial charge in [-0.1, -0.05) is 13.0 Å². The molecule has 0 bridgehead atoms. The van der Waals surface area contributed by atoms with Crippen molar-refractivity contribution in [1.82, 2.24) is 0 Å². The van der Waals surface area contributed by atoms with E-state index in [1.807, 2.05) is 18.2 Å². The maximum Gasteiger partial charge on any atom is 0.150 e. The standard InChI is InChI=1S/C12H18BrNO3S/c1-2-18(15,16)7-3-6-17-12-5-4-10(9-14)8-11(12)13/h4-5,8H,2-3,6-7,9,14H2,1H3. The summed E-state index contributed by atoms with van der Waals surface area (Å²) >= 11 is 3.39. The molecule has 0 aliphatic carbocycles. The average molecular weight is 336 g/mol. The number of hydrogen-bond acceptors (Lipinski definition) is 4. The zero-order valence-corrected chi connectivity index (χ0v) is 12.8. The second kappa shape index (κ2) is 7.11. The second-order valence-corrected chi connectivity index (χ2v) is 7.23. The van der Waals surface area contributed by atoms with Crippen molar-refractivity contribution < 1.29 is 13.2 Å². The van der Waals surface area contributed by atoms with Gasteiger partial charge in [-0.15, -0.1) is 0 Å². The van der Waals surface area contributed by atoms with Crippen molar-refractivity contribution in [2.75, 3.05) is 18.1 Å². The number of ether oxygens (including phenoxy) is 1. The zero-order valence-electron chi connectivity index (χ0n) is 10.4. The van der Waals surface area contributed by atoms with Gasteiger partial charge in [-0.2, -0.15) is 0 Å². The predicted octanol–water partition coefficient (Wildman–Crippen LogP) is 2.11. The highest BCUT2D eigenvalue weighted by Crippen LogP contribution is 2.25. The first-order valence-corrected chi connectivity index (χ1v) is 8.41. The van der Waals surface area contributed by atoms with Crippen LogP contribution in [0.2, 0.25) is 0 Å². The van der Waals surface area contributed by atoms with Gasteiger partial charge in [-0.3, -0.25) is 0 Å². The van der Waals surface area contributed by atoms with Gasteiger partial charge in [-0.05, 0) is 40.0 Å². The average Bonchev–Trinajstić information content (AvgIpc) is 2.36. The van der Waals surface area contributed by atoms with Crippen LogP contribution in [-0.2, 0) is 16.4 Å². The fourth-order valence-electron chi connectivity index (χ4n) is 1.39. The molecule has 0 heterocycles. The van der Waals surface area contributed by atoms with Crippen LogP contribution in [0, 0.1) is 0 Å². The first-order chi connectivity index (χ1) is 8.48. The number of hydrogen-bond donors (Lipinski definition) is 1. The first-order valence-electron chi connectivity index (χ1n) is 5.80. The highest BCUT2D eigenvalue weighted by Gasteiger charge is 2.07. The van der Waals surface area contributed by atoms with Gasteiger partial charge < -0.3 is 10.5 Å². The maximum absolute atomic E-state index is 11.3. The van der Waals surface area contributed by atoms with E-state index in [2.05, 4.69) is 15.9 Å². The smallest absolute Gasteiger partial charge is 0.150 e. The predicted molar refractivity (Wildman–Crippen MR) is 76.5 cm³/mol. The van der Waals surface area contributed by atoms with Crippen LogP contribution in [0.15, 0.2) is 22.7 Å². The summed E-state index contributed by atoms with van der Waals surface area (Å²) in [5.41, 5.74) is 6.54. The maximum atomic E-state index is 11.3. The largest absolute Gasteiger partial charge is 0.492 e. The van der Waals surface area contributed by atoms with E-state index in [9.17, 15) is 8.42 Å². The Kier molecular flexibility index (Phi) is 6.11. The molecule has 0 saturated carbocycles. The molecule has 102 valence electrons. The molecule has 1 aromatic rings. The van der Waals surface area contributed by atoms with E-state index in [0.717, 1.165) is 10.0 Å². The fraction of sp³-hybridized carbons (Fsp3) is 0.500. The third-order valence-corrected chi connectivity index (χ3v) is 4.94. The molecule has 6 heteroatoms. The number of benzene rings is 1. The van der Waals surface area contributed by atoms with E-state index in [0.29, 0.717) is 25.3 Å². The topological polar surface area (TPSA) is 69.4 Å². The van der Waals surface area contributed by atoms with Crippen molar-refractivity contribution in [3.8, 4) is 5.75 Å². The van der Waals surface area contributed by atoms with Crippen LogP contribution in [0.1, 0.15) is 18.9 Å². The van der Waals surface area contributed by atoms with Gasteiger partial charge in [0.2, 0.25) is 0 Å². The molecule has 0 atom stereocenters. The van der Waals surface area contributed by atoms with Crippen molar-refractivity contribution in [2.45, 2.75) is 19.9 Å². The summed E-state index contributed by atoms with van der Waals surface area (Å²) in [6.45, 7) is 2.52. The molecule has 2 N–H and O–H groups in total. The number of nitrogens with two attached hydrogens (primary N) is 1. The Morgan fingerprint density at radius 1 is 1.39 bits per heavy atom. The number of halogens is 1. The summed E-state index contributed by atoms with van der Waals surface area (Å²) < 4.78 is 28.9. The van der Waals surface area contributed by atoms with Crippen molar-refractivity contribution in [2.24, 2.45) is 5.73 Å². The Morgan fingerprint density at radius 2 is 2.11 bits per heavy atom. The molecule has 0 aliphatic heterocycles. The molecule has 18 heavy (non-hydrogen) atoms. The lowest BCUT2D eigenvalue weighted by atomic mass is 10.2. The third kappa shape index (κ3) is 4.96. The summed E-state index contributed by atoms with van der Waals surface area (Å²) in [4.78, 5) is 0. The quantitative estimate of drug-likeness (QED) is 0.775. The normalized spacial score (nSPS) is 11.5. The van der Waals surface area contributed by atoms with Gasteiger partial charge in [0, 0.05) is 12.3 Å². The number of sulfone groups is 1. The van der Waals surface area contributed by atoms with Crippen molar-refractivity contribution >= 4 is 25.8 Å². The van der Waals surface area contributed by atoms with Crippen LogP contribution in [-0.4, -0.2) is 26.5 Å². The minimum atomic E-state index is -2.90. The fourth-order valence-corrected chi connectivity index (χ4v) is 2.78. The van der Waals surface area contributed by atoms with Gasteiger partial charge in [0.1, 0.15) is 15.6 Å². The Balaban J connectivity index is 2.45. The first kappa shape index (κ1) is 15.5. The van der Waals surface area contributed by atoms with E-state index in [1.54, 1.807) is 6.92 Å². The van der Waals surface area contributed by atoms with Gasteiger partial charge >= 0.3 is 0 Å². The molecular weight excluding hydrogens is 318 g/mol. The minimum Gasteiger partial charge on any atom is -0.492 e. The van der Waals surface area contributed by atoms with Crippen LogP contribution in [0.3, 0.4) is 0 Å². The SMILES string of the molecule is CCS(=O)(=O)CCCOc1ccc(CN)cc1Br. The third-order valence-electron chi connectivity index (χ3n) is 2.53. The lowest BCUT2D eigenvalue weighted by Crippen LogP contribution is -2.12. The summed E-state index contributed by atoms with van der Waals surface area (Å²) in [7, 11) is -2.90. The summed E-state index contributed by atoms with van der Waals surface area (Å²) in [6.07, 6.45) is 0.501. The molecule has 0 amide bonds. The van der Waals surface area contributed by atoms with Crippen molar-refractivity contribution in [1.29, 1.82) is 0 Å². The van der Waals surface area contributed by atoms with E-state index < -0.39 is 9.84 Å². The van der Waals surface area contributed by atoms with Crippen LogP contribution >= 0.6 is 15.9 Å². The van der Waals surface area contributed by atoms with Gasteiger partial charge in [0.25, 0.3) is 0 Å². The van der Waals surface area contributed by atoms with Gasteiger partial charge in [-0.25, -0.2) is 8.42 Å². The van der Waals surface area contributed by atoms with Gasteiger partial charge in [0.15, 0.2) is 0 Å². The summed E-state index contributed by atoms with van der Waals surface area (Å²) in [5.74, 6) is 1.06. The molecule has 1 aromatic carbocycles. The minimum absolute atomic E-state index is 0.169. The van der Waals surface area contributed by atoms with E-state index >= 15 is 0 Å². The summed E-state index contributed by atoms with van der Waals surface area (Å²) in [5, 5.41) is 0. The molecule has 1 rings (SSSR count). The molecule has 0 fully saturated rings. The Labute approximate surface area is 117 Å². The van der Waals surface area contributed by atoms with Crippen molar-refractivity contribution in [3.63, 3.8) is 0 Å². The van der Waals surface area contributed by atoms with Gasteiger partial charge in [0.05, 0.1) is 16.8 Å². The molecule has 0 spiro atoms. The van der Waals surface area contributed by atoms with E-state index in [-0.39, 0.29) is 11.5 Å². The zero-order chi connectivity index (χ0) is 13.6. The molecule has 0 unspecified atom stereocenters. The lowest BCUT2D eigenvalue weighted by Gasteiger charge is -2.09. The van der Waals surface area contributed by atoms with Crippen molar-refractivity contribution in [3.05, 3.63) is 28.2 Å². The molecular formula is C12H18BrNO3S. The Morgan fingerprint density at radius 3 is 2.67 bits per heavy atom. The lowest BCUT2D eigenvalue weighted by molar-refractivity contribution is 0.315. The molecule has 0 saturated heterocycles. The van der Waals surface area contributed by atoms with Crippen LogP contribution in [0.5, 0.6) is 5.75 Å². The van der Waals surface area contributed by atoms with Crippen LogP contribution in [0.4, 0.5) is 0 Å². The Hall–Kier alpha value is -0.590. The Bertz CT molecular complexity index is 488. The monoisotopic (exact) mass is 335 g/mol. The van der Waals surface area contributed by atoms with Crippen LogP contribution in [0.25, 0.3) is 0 Å². The highest BCUT2D eigenvalue weighted by atomic mass is 79.9. The van der Waals surface area contributed by atoms with Crippen LogP contribution < -0.4 is 10.5 Å². The molecule has 0 aliphatic rings. The van der Waals surface area contributed by atoms with E-state index in [4.69, 9.17) is 10.5 Å². The highest BCUT2D eigenvalue weighted by molar-refractivity contribution is 9.10. The molecule has 4 nitrogen and oxygen atoms in total. The second-order valence-electron chi connectivity index (χ2n) is 3.91. The molecule has 0 aromatic heterocycles. The number of rotatable bonds is 7.